The number of carbonyl (C=O) groups is 1. The summed E-state index contributed by atoms with van der Waals surface area (Å²) in [5.41, 5.74) is 2.73. The van der Waals surface area contributed by atoms with Gasteiger partial charge in [0.15, 0.2) is 5.82 Å². The van der Waals surface area contributed by atoms with Crippen LogP contribution in [0.1, 0.15) is 18.8 Å². The summed E-state index contributed by atoms with van der Waals surface area (Å²) in [6, 6.07) is 9.82. The van der Waals surface area contributed by atoms with Gasteiger partial charge in [0.25, 0.3) is 6.17 Å². The quantitative estimate of drug-likeness (QED) is 0.805. The van der Waals surface area contributed by atoms with Crippen LogP contribution in [-0.4, -0.2) is 22.4 Å². The molecule has 0 spiro atoms. The minimum atomic E-state index is -0.805. The molecular formula is C14H14N4O2. The number of ether oxygens (including phenoxy) is 1. The molecule has 1 aliphatic rings. The lowest BCUT2D eigenvalue weighted by Gasteiger charge is -2.06. The van der Waals surface area contributed by atoms with Crippen molar-refractivity contribution >= 4 is 11.8 Å². The lowest BCUT2D eigenvalue weighted by atomic mass is 10.1. The topological polar surface area (TPSA) is 68.8 Å². The van der Waals surface area contributed by atoms with Gasteiger partial charge in [-0.2, -0.15) is 5.10 Å². The van der Waals surface area contributed by atoms with Crippen molar-refractivity contribution in [3.63, 3.8) is 0 Å². The first-order valence-corrected chi connectivity index (χ1v) is 6.44. The molecule has 102 valence electrons. The van der Waals surface area contributed by atoms with Crippen LogP contribution in [-0.2, 0) is 9.53 Å². The van der Waals surface area contributed by atoms with Crippen molar-refractivity contribution in [3.8, 4) is 11.1 Å². The number of benzene rings is 1. The zero-order valence-electron chi connectivity index (χ0n) is 11.3. The second-order valence-corrected chi connectivity index (χ2v) is 4.44. The molecule has 0 saturated heterocycles. The summed E-state index contributed by atoms with van der Waals surface area (Å²) in [6.07, 6.45) is -0.805. The molecule has 0 aliphatic carbocycles. The summed E-state index contributed by atoms with van der Waals surface area (Å²) in [6.45, 7) is 3.96. The Morgan fingerprint density at radius 2 is 2.10 bits per heavy atom. The van der Waals surface area contributed by atoms with E-state index in [2.05, 4.69) is 15.3 Å². The number of carbonyl (C=O) groups excluding carboxylic acids is 1. The van der Waals surface area contributed by atoms with Gasteiger partial charge in [0.05, 0.1) is 17.9 Å². The summed E-state index contributed by atoms with van der Waals surface area (Å²) >= 11 is 0. The summed E-state index contributed by atoms with van der Waals surface area (Å²) in [5.74, 6) is 0.170. The summed E-state index contributed by atoms with van der Waals surface area (Å²) in [4.78, 5) is 11.8. The van der Waals surface area contributed by atoms with Gasteiger partial charge in [-0.1, -0.05) is 30.3 Å². The van der Waals surface area contributed by atoms with Crippen LogP contribution in [0.2, 0.25) is 0 Å². The van der Waals surface area contributed by atoms with E-state index in [-0.39, 0.29) is 0 Å². The maximum absolute atomic E-state index is 11.8. The third-order valence-electron chi connectivity index (χ3n) is 3.11. The Balaban J connectivity index is 2.04. The van der Waals surface area contributed by atoms with E-state index in [4.69, 9.17) is 4.74 Å². The minimum Gasteiger partial charge on any atom is -0.463 e. The average Bonchev–Trinajstić information content (AvgIpc) is 2.97. The Hall–Kier alpha value is -2.50. The minimum absolute atomic E-state index is 0.311. The Kier molecular flexibility index (Phi) is 3.06. The van der Waals surface area contributed by atoms with Crippen molar-refractivity contribution < 1.29 is 9.53 Å². The summed E-state index contributed by atoms with van der Waals surface area (Å²) in [7, 11) is 0. The van der Waals surface area contributed by atoms with Gasteiger partial charge in [-0.3, -0.25) is 0 Å². The number of rotatable bonds is 3. The van der Waals surface area contributed by atoms with Crippen LogP contribution in [0.4, 0.5) is 5.82 Å². The lowest BCUT2D eigenvalue weighted by Crippen LogP contribution is -2.18. The van der Waals surface area contributed by atoms with Crippen molar-refractivity contribution in [2.24, 2.45) is 10.2 Å². The van der Waals surface area contributed by atoms with Crippen LogP contribution in [0.15, 0.2) is 40.6 Å². The van der Waals surface area contributed by atoms with E-state index in [1.165, 1.54) is 4.68 Å². The third kappa shape index (κ3) is 1.89. The molecule has 0 fully saturated rings. The van der Waals surface area contributed by atoms with E-state index in [1.807, 2.05) is 37.3 Å². The highest BCUT2D eigenvalue weighted by atomic mass is 16.5. The average molecular weight is 270 g/mol. The second kappa shape index (κ2) is 4.88. The van der Waals surface area contributed by atoms with E-state index in [9.17, 15) is 4.79 Å². The van der Waals surface area contributed by atoms with Gasteiger partial charge < -0.3 is 4.74 Å². The largest absolute Gasteiger partial charge is 0.463 e. The molecule has 20 heavy (non-hydrogen) atoms. The van der Waals surface area contributed by atoms with Gasteiger partial charge in [0.2, 0.25) is 0 Å². The second-order valence-electron chi connectivity index (χ2n) is 4.44. The number of hydrogen-bond acceptors (Lipinski definition) is 5. The first kappa shape index (κ1) is 12.5. The molecule has 1 unspecified atom stereocenters. The Labute approximate surface area is 116 Å². The molecule has 1 aliphatic heterocycles. The van der Waals surface area contributed by atoms with Crippen molar-refractivity contribution in [2.75, 3.05) is 6.61 Å². The molecule has 1 atom stereocenters. The number of fused-ring (bicyclic) bond motifs is 1. The molecule has 6 heteroatoms. The monoisotopic (exact) mass is 270 g/mol. The molecule has 0 saturated carbocycles. The fraction of sp³-hybridized carbons (Fsp3) is 0.286. The highest BCUT2D eigenvalue weighted by molar-refractivity contribution is 5.80. The first-order chi connectivity index (χ1) is 9.72. The maximum Gasteiger partial charge on any atom is 0.355 e. The molecule has 1 aromatic heterocycles. The smallest absolute Gasteiger partial charge is 0.355 e. The fourth-order valence-electron chi connectivity index (χ4n) is 2.27. The molecule has 1 aromatic carbocycles. The SMILES string of the molecule is CCOC(=O)C1N=Nc2c(-c3ccccc3)c(C)nn21. The van der Waals surface area contributed by atoms with Gasteiger partial charge in [-0.15, -0.1) is 10.2 Å². The molecule has 2 heterocycles. The van der Waals surface area contributed by atoms with Gasteiger partial charge in [-0.05, 0) is 19.4 Å². The lowest BCUT2D eigenvalue weighted by molar-refractivity contribution is -0.147. The number of hydrogen-bond donors (Lipinski definition) is 0. The van der Waals surface area contributed by atoms with Crippen LogP contribution >= 0.6 is 0 Å². The fourth-order valence-corrected chi connectivity index (χ4v) is 2.27. The van der Waals surface area contributed by atoms with Crippen molar-refractivity contribution in [1.29, 1.82) is 0 Å². The van der Waals surface area contributed by atoms with E-state index >= 15 is 0 Å². The Bertz CT molecular complexity index is 676. The Morgan fingerprint density at radius 3 is 2.80 bits per heavy atom. The number of azo groups is 1. The molecule has 0 radical (unpaired) electrons. The van der Waals surface area contributed by atoms with Crippen LogP contribution in [0, 0.1) is 6.92 Å². The van der Waals surface area contributed by atoms with Crippen LogP contribution in [0.3, 0.4) is 0 Å². The highest BCUT2D eigenvalue weighted by Crippen LogP contribution is 2.39. The summed E-state index contributed by atoms with van der Waals surface area (Å²) in [5, 5.41) is 12.4. The highest BCUT2D eigenvalue weighted by Gasteiger charge is 2.32. The van der Waals surface area contributed by atoms with Gasteiger partial charge in [0, 0.05) is 0 Å². The Morgan fingerprint density at radius 1 is 1.35 bits per heavy atom. The zero-order valence-corrected chi connectivity index (χ0v) is 11.3. The molecule has 2 aromatic rings. The first-order valence-electron chi connectivity index (χ1n) is 6.44. The third-order valence-corrected chi connectivity index (χ3v) is 3.11. The molecule has 6 nitrogen and oxygen atoms in total. The normalized spacial score (nSPS) is 16.2. The number of nitrogens with zero attached hydrogens (tertiary/aromatic N) is 4. The van der Waals surface area contributed by atoms with Crippen LogP contribution in [0.5, 0.6) is 0 Å². The van der Waals surface area contributed by atoms with E-state index in [0.29, 0.717) is 12.4 Å². The van der Waals surface area contributed by atoms with Crippen molar-refractivity contribution in [3.05, 3.63) is 36.0 Å². The van der Waals surface area contributed by atoms with Crippen molar-refractivity contribution in [1.82, 2.24) is 9.78 Å². The van der Waals surface area contributed by atoms with Gasteiger partial charge in [0.1, 0.15) is 0 Å². The van der Waals surface area contributed by atoms with Gasteiger partial charge >= 0.3 is 5.97 Å². The standard InChI is InChI=1S/C14H14N4O2/c1-3-20-14(19)13-16-15-12-11(9(2)17-18(12)13)10-7-5-4-6-8-10/h4-8,13H,3H2,1-2H3. The maximum atomic E-state index is 11.8. The van der Waals surface area contributed by atoms with E-state index in [0.717, 1.165) is 16.8 Å². The predicted octanol–water partition coefficient (Wildman–Crippen LogP) is 3.02. The number of aryl methyl sites for hydroxylation is 1. The van der Waals surface area contributed by atoms with Crippen LogP contribution in [0.25, 0.3) is 11.1 Å². The predicted molar refractivity (Wildman–Crippen MR) is 72.6 cm³/mol. The molecule has 3 rings (SSSR count). The molecular weight excluding hydrogens is 256 g/mol. The van der Waals surface area contributed by atoms with Crippen LogP contribution < -0.4 is 0 Å². The summed E-state index contributed by atoms with van der Waals surface area (Å²) < 4.78 is 6.51. The van der Waals surface area contributed by atoms with Gasteiger partial charge in [-0.25, -0.2) is 9.48 Å². The van der Waals surface area contributed by atoms with E-state index in [1.54, 1.807) is 6.92 Å². The zero-order chi connectivity index (χ0) is 14.1. The molecule has 0 amide bonds. The van der Waals surface area contributed by atoms with Crippen molar-refractivity contribution in [2.45, 2.75) is 20.0 Å². The number of esters is 1. The van der Waals surface area contributed by atoms with E-state index < -0.39 is 12.1 Å². The molecule has 0 bridgehead atoms. The number of aromatic nitrogens is 2. The molecule has 0 N–H and O–H groups in total.